The summed E-state index contributed by atoms with van der Waals surface area (Å²) in [5.74, 6) is 0.266. The molecule has 0 radical (unpaired) electrons. The molecule has 4 heterocycles. The molecule has 7 heteroatoms. The van der Waals surface area contributed by atoms with Crippen molar-refractivity contribution in [3.8, 4) is 22.8 Å². The maximum atomic E-state index is 4.88. The van der Waals surface area contributed by atoms with Gasteiger partial charge < -0.3 is 0 Å². The van der Waals surface area contributed by atoms with E-state index in [-0.39, 0.29) is 5.92 Å². The predicted octanol–water partition coefficient (Wildman–Crippen LogP) is 6.32. The molecule has 0 bridgehead atoms. The van der Waals surface area contributed by atoms with Crippen LogP contribution in [0.5, 0.6) is 0 Å². The Balaban J connectivity index is 0.000000806. The van der Waals surface area contributed by atoms with Gasteiger partial charge in [0.05, 0.1) is 22.8 Å². The Morgan fingerprint density at radius 3 is 1.83 bits per heavy atom. The average molecular weight is 618 g/mol. The Bertz CT molecular complexity index is 1050. The molecule has 0 spiro atoms. The van der Waals surface area contributed by atoms with Crippen LogP contribution in [0.15, 0.2) is 85.5 Å². The van der Waals surface area contributed by atoms with Crippen LogP contribution in [-0.4, -0.2) is 19.9 Å². The van der Waals surface area contributed by atoms with Crippen molar-refractivity contribution < 1.29 is 16.5 Å². The van der Waals surface area contributed by atoms with Gasteiger partial charge in [-0.1, -0.05) is 31.2 Å². The monoisotopic (exact) mass is 617 g/mol. The van der Waals surface area contributed by atoms with Gasteiger partial charge in [-0.05, 0) is 59.9 Å². The molecule has 4 rings (SSSR count). The van der Waals surface area contributed by atoms with Gasteiger partial charge in [0, 0.05) is 24.8 Å². The van der Waals surface area contributed by atoms with Crippen LogP contribution in [0.25, 0.3) is 22.8 Å². The van der Waals surface area contributed by atoms with E-state index in [1.165, 1.54) is 11.1 Å². The fourth-order valence-electron chi connectivity index (χ4n) is 3.31. The van der Waals surface area contributed by atoms with Crippen LogP contribution in [0.2, 0.25) is 0 Å². The Morgan fingerprint density at radius 2 is 1.23 bits per heavy atom. The maximum absolute atomic E-state index is 4.88. The quantitative estimate of drug-likeness (QED) is 0.263. The van der Waals surface area contributed by atoms with Gasteiger partial charge in [0.15, 0.2) is 0 Å². The molecular weight excluding hydrogens is 598 g/mol. The molecule has 0 N–H and O–H groups in total. The molecule has 0 saturated heterocycles. The third-order valence-corrected chi connectivity index (χ3v) is 4.60. The van der Waals surface area contributed by atoms with Crippen molar-refractivity contribution in [2.75, 3.05) is 0 Å². The summed E-state index contributed by atoms with van der Waals surface area (Å²) in [5, 5.41) is 0. The molecule has 0 amide bonds. The fraction of sp³-hybridized carbons (Fsp3) is 0.130. The summed E-state index contributed by atoms with van der Waals surface area (Å²) in [4.78, 5) is 18.1. The first-order chi connectivity index (χ1) is 14.7. The second-order valence-corrected chi connectivity index (χ2v) is 9.82. The van der Waals surface area contributed by atoms with Gasteiger partial charge in [0.2, 0.25) is 0 Å². The molecular formula is C23H20Cl2N4Pt. The number of aromatic nitrogens is 4. The van der Waals surface area contributed by atoms with Crippen molar-refractivity contribution in [2.24, 2.45) is 0 Å². The van der Waals surface area contributed by atoms with Crippen molar-refractivity contribution in [3.63, 3.8) is 0 Å². The molecule has 0 aliphatic rings. The zero-order valence-corrected chi connectivity index (χ0v) is 20.0. The average Bonchev–Trinajstić information content (AvgIpc) is 2.81. The van der Waals surface area contributed by atoms with Gasteiger partial charge in [-0.2, -0.15) is 0 Å². The summed E-state index contributed by atoms with van der Waals surface area (Å²) in [6.07, 6.45) is 8.10. The molecule has 156 valence electrons. The van der Waals surface area contributed by atoms with Crippen molar-refractivity contribution in [2.45, 2.75) is 19.3 Å². The SMILES string of the molecule is CC(Cc1cccnc1-c1ccccn1)c1cccnc1-c1ccccn1.[Cl][Pt][Cl]. The van der Waals surface area contributed by atoms with E-state index in [4.69, 9.17) is 18.8 Å². The van der Waals surface area contributed by atoms with Gasteiger partial charge >= 0.3 is 35.3 Å². The molecule has 1 unspecified atom stereocenters. The van der Waals surface area contributed by atoms with Crippen molar-refractivity contribution in [1.82, 2.24) is 19.9 Å². The molecule has 0 saturated carbocycles. The summed E-state index contributed by atoms with van der Waals surface area (Å²) < 4.78 is 0. The van der Waals surface area contributed by atoms with Gasteiger partial charge in [0.25, 0.3) is 0 Å². The summed E-state index contributed by atoms with van der Waals surface area (Å²) in [7, 11) is 9.75. The number of hydrogen-bond donors (Lipinski definition) is 0. The molecule has 0 aromatic carbocycles. The first-order valence-electron chi connectivity index (χ1n) is 9.28. The minimum atomic E-state index is -0.472. The first kappa shape index (κ1) is 22.6. The molecule has 1 atom stereocenters. The second-order valence-electron chi connectivity index (χ2n) is 6.53. The molecule has 0 aliphatic carbocycles. The Hall–Kier alpha value is -2.13. The third kappa shape index (κ3) is 5.95. The van der Waals surface area contributed by atoms with E-state index in [1.807, 2.05) is 60.9 Å². The standard InChI is InChI=1S/C23H20N4.2ClH.Pt/c1-17(19-9-7-15-27-23(19)21-11-3-5-13-25-21)16-18-8-6-14-26-22(18)20-10-2-4-12-24-20;;;/h2-15,17H,16H2,1H3;2*1H;/q;;;+2/p-2. The summed E-state index contributed by atoms with van der Waals surface area (Å²) >= 11 is -0.472. The fourth-order valence-corrected chi connectivity index (χ4v) is 3.31. The van der Waals surface area contributed by atoms with E-state index in [1.54, 1.807) is 12.4 Å². The topological polar surface area (TPSA) is 51.6 Å². The van der Waals surface area contributed by atoms with E-state index in [9.17, 15) is 0 Å². The molecule has 0 fully saturated rings. The molecule has 4 aromatic rings. The number of nitrogens with zero attached hydrogens (tertiary/aromatic N) is 4. The number of hydrogen-bond acceptors (Lipinski definition) is 4. The molecule has 30 heavy (non-hydrogen) atoms. The van der Waals surface area contributed by atoms with Crippen molar-refractivity contribution >= 4 is 18.8 Å². The van der Waals surface area contributed by atoms with E-state index in [0.29, 0.717) is 0 Å². The second kappa shape index (κ2) is 11.9. The number of pyridine rings is 4. The first-order valence-corrected chi connectivity index (χ1v) is 14.9. The van der Waals surface area contributed by atoms with Gasteiger partial charge in [-0.25, -0.2) is 0 Å². The van der Waals surface area contributed by atoms with Crippen LogP contribution in [0, 0.1) is 0 Å². The molecule has 4 aromatic heterocycles. The van der Waals surface area contributed by atoms with E-state index >= 15 is 0 Å². The summed E-state index contributed by atoms with van der Waals surface area (Å²) in [6.45, 7) is 2.22. The van der Waals surface area contributed by atoms with Crippen LogP contribution in [0.1, 0.15) is 24.0 Å². The van der Waals surface area contributed by atoms with E-state index in [0.717, 1.165) is 29.2 Å². The van der Waals surface area contributed by atoms with Gasteiger partial charge in [0.1, 0.15) is 0 Å². The normalized spacial score (nSPS) is 11.4. The van der Waals surface area contributed by atoms with Crippen LogP contribution < -0.4 is 0 Å². The Morgan fingerprint density at radius 1 is 0.700 bits per heavy atom. The van der Waals surface area contributed by atoms with Gasteiger partial charge in [-0.15, -0.1) is 0 Å². The Labute approximate surface area is 193 Å². The predicted molar refractivity (Wildman–Crippen MR) is 119 cm³/mol. The minimum absolute atomic E-state index is 0.266. The summed E-state index contributed by atoms with van der Waals surface area (Å²) in [6, 6.07) is 20.1. The van der Waals surface area contributed by atoms with E-state index < -0.39 is 16.5 Å². The third-order valence-electron chi connectivity index (χ3n) is 4.60. The van der Waals surface area contributed by atoms with Crippen LogP contribution >= 0.6 is 18.8 Å². The molecule has 4 nitrogen and oxygen atoms in total. The summed E-state index contributed by atoms with van der Waals surface area (Å²) in [5.41, 5.74) is 6.04. The van der Waals surface area contributed by atoms with E-state index in [2.05, 4.69) is 39.0 Å². The zero-order valence-electron chi connectivity index (χ0n) is 16.2. The van der Waals surface area contributed by atoms with Crippen LogP contribution in [0.4, 0.5) is 0 Å². The molecule has 0 aliphatic heterocycles. The zero-order chi connectivity index (χ0) is 21.2. The van der Waals surface area contributed by atoms with Crippen molar-refractivity contribution in [1.29, 1.82) is 0 Å². The number of rotatable bonds is 5. The number of halogens is 2. The Kier molecular flexibility index (Phi) is 8.95. The van der Waals surface area contributed by atoms with Crippen LogP contribution in [0.3, 0.4) is 0 Å². The van der Waals surface area contributed by atoms with Crippen LogP contribution in [-0.2, 0) is 22.9 Å². The van der Waals surface area contributed by atoms with Gasteiger partial charge in [-0.3, -0.25) is 19.9 Å². The van der Waals surface area contributed by atoms with Crippen molar-refractivity contribution in [3.05, 3.63) is 96.6 Å².